The second kappa shape index (κ2) is 7.56. The Bertz CT molecular complexity index is 438. The Morgan fingerprint density at radius 1 is 1.19 bits per heavy atom. The van der Waals surface area contributed by atoms with Crippen molar-refractivity contribution in [1.29, 1.82) is 0 Å². The van der Waals surface area contributed by atoms with E-state index in [1.165, 1.54) is 23.4 Å². The van der Waals surface area contributed by atoms with Crippen LogP contribution >= 0.6 is 0 Å². The second-order valence-electron chi connectivity index (χ2n) is 6.24. The van der Waals surface area contributed by atoms with E-state index < -0.39 is 10.0 Å². The molecule has 2 N–H and O–H groups in total. The first-order valence-electron chi connectivity index (χ1n) is 7.90. The standard InChI is InChI=1S/C14H27N3O3S/c1-21(19,20)17-10-6-13(7-11-17)16-14(18)3-2-12-4-8-15-9-5-12/h12-13,15H,2-11H2,1H3,(H,16,18). The minimum Gasteiger partial charge on any atom is -0.353 e. The number of hydrogen-bond acceptors (Lipinski definition) is 4. The van der Waals surface area contributed by atoms with Crippen LogP contribution in [0.4, 0.5) is 0 Å². The maximum absolute atomic E-state index is 12.0. The van der Waals surface area contributed by atoms with Crippen LogP contribution in [-0.4, -0.2) is 57.1 Å². The number of hydrogen-bond donors (Lipinski definition) is 2. The highest BCUT2D eigenvalue weighted by atomic mass is 32.2. The average molecular weight is 317 g/mol. The van der Waals surface area contributed by atoms with Crippen LogP contribution in [0.25, 0.3) is 0 Å². The van der Waals surface area contributed by atoms with Crippen LogP contribution in [0, 0.1) is 5.92 Å². The fourth-order valence-corrected chi connectivity index (χ4v) is 4.01. The fourth-order valence-electron chi connectivity index (χ4n) is 3.14. The van der Waals surface area contributed by atoms with E-state index in [1.807, 2.05) is 0 Å². The van der Waals surface area contributed by atoms with Gasteiger partial charge in [-0.1, -0.05) is 0 Å². The fraction of sp³-hybridized carbons (Fsp3) is 0.929. The molecule has 0 unspecified atom stereocenters. The molecule has 2 aliphatic rings. The van der Waals surface area contributed by atoms with Crippen molar-refractivity contribution in [1.82, 2.24) is 14.9 Å². The number of nitrogens with one attached hydrogen (secondary N) is 2. The van der Waals surface area contributed by atoms with Crippen LogP contribution in [0.15, 0.2) is 0 Å². The minimum atomic E-state index is -3.09. The Hall–Kier alpha value is -0.660. The number of amides is 1. The lowest BCUT2D eigenvalue weighted by Crippen LogP contribution is -2.46. The van der Waals surface area contributed by atoms with E-state index in [0.717, 1.165) is 19.5 Å². The summed E-state index contributed by atoms with van der Waals surface area (Å²) >= 11 is 0. The van der Waals surface area contributed by atoms with Gasteiger partial charge >= 0.3 is 0 Å². The van der Waals surface area contributed by atoms with E-state index in [4.69, 9.17) is 0 Å². The molecular weight excluding hydrogens is 290 g/mol. The number of piperidine rings is 2. The summed E-state index contributed by atoms with van der Waals surface area (Å²) in [6, 6.07) is 0.128. The summed E-state index contributed by atoms with van der Waals surface area (Å²) in [5.41, 5.74) is 0. The zero-order chi connectivity index (χ0) is 15.3. The normalized spacial score (nSPS) is 23.1. The van der Waals surface area contributed by atoms with Gasteiger partial charge in [0.05, 0.1) is 6.26 Å². The van der Waals surface area contributed by atoms with E-state index in [9.17, 15) is 13.2 Å². The van der Waals surface area contributed by atoms with Crippen LogP contribution in [-0.2, 0) is 14.8 Å². The molecule has 0 spiro atoms. The maximum atomic E-state index is 12.0. The van der Waals surface area contributed by atoms with Crippen molar-refractivity contribution in [2.45, 2.75) is 44.6 Å². The van der Waals surface area contributed by atoms with Gasteiger partial charge in [0.2, 0.25) is 15.9 Å². The molecule has 122 valence electrons. The van der Waals surface area contributed by atoms with Crippen LogP contribution in [0.1, 0.15) is 38.5 Å². The Morgan fingerprint density at radius 3 is 2.38 bits per heavy atom. The first-order chi connectivity index (χ1) is 9.95. The van der Waals surface area contributed by atoms with Crippen molar-refractivity contribution in [2.24, 2.45) is 5.92 Å². The van der Waals surface area contributed by atoms with Gasteiger partial charge in [0.15, 0.2) is 0 Å². The summed E-state index contributed by atoms with van der Waals surface area (Å²) in [7, 11) is -3.09. The highest BCUT2D eigenvalue weighted by Crippen LogP contribution is 2.18. The molecule has 0 bridgehead atoms. The smallest absolute Gasteiger partial charge is 0.220 e. The average Bonchev–Trinajstić information content (AvgIpc) is 2.46. The van der Waals surface area contributed by atoms with E-state index >= 15 is 0 Å². The van der Waals surface area contributed by atoms with Crippen molar-refractivity contribution in [3.63, 3.8) is 0 Å². The van der Waals surface area contributed by atoms with Crippen LogP contribution < -0.4 is 10.6 Å². The Balaban J connectivity index is 1.65. The summed E-state index contributed by atoms with van der Waals surface area (Å²) in [4.78, 5) is 12.0. The Labute approximate surface area is 127 Å². The van der Waals surface area contributed by atoms with Crippen LogP contribution in [0.5, 0.6) is 0 Å². The third kappa shape index (κ3) is 5.56. The molecule has 0 radical (unpaired) electrons. The third-order valence-corrected chi connectivity index (χ3v) is 5.83. The molecule has 0 aliphatic carbocycles. The highest BCUT2D eigenvalue weighted by molar-refractivity contribution is 7.88. The van der Waals surface area contributed by atoms with Gasteiger partial charge < -0.3 is 10.6 Å². The van der Waals surface area contributed by atoms with Gasteiger partial charge in [0.25, 0.3) is 0 Å². The topological polar surface area (TPSA) is 78.5 Å². The van der Waals surface area contributed by atoms with Crippen LogP contribution in [0.3, 0.4) is 0 Å². The molecule has 0 aromatic rings. The van der Waals surface area contributed by atoms with Crippen molar-refractivity contribution in [3.05, 3.63) is 0 Å². The zero-order valence-electron chi connectivity index (χ0n) is 12.8. The number of carbonyl (C=O) groups is 1. The quantitative estimate of drug-likeness (QED) is 0.765. The molecule has 6 nitrogen and oxygen atoms in total. The SMILES string of the molecule is CS(=O)(=O)N1CCC(NC(=O)CCC2CCNCC2)CC1. The number of rotatable bonds is 5. The first-order valence-corrected chi connectivity index (χ1v) is 9.75. The molecule has 1 amide bonds. The molecule has 0 atom stereocenters. The van der Waals surface area contributed by atoms with Crippen molar-refractivity contribution in [3.8, 4) is 0 Å². The van der Waals surface area contributed by atoms with E-state index in [-0.39, 0.29) is 11.9 Å². The maximum Gasteiger partial charge on any atom is 0.220 e. The summed E-state index contributed by atoms with van der Waals surface area (Å²) in [5.74, 6) is 0.787. The molecule has 0 aromatic heterocycles. The van der Waals surface area contributed by atoms with Gasteiger partial charge in [-0.25, -0.2) is 12.7 Å². The summed E-state index contributed by atoms with van der Waals surface area (Å²) in [6.07, 6.45) is 6.57. The molecule has 2 fully saturated rings. The van der Waals surface area contributed by atoms with Gasteiger partial charge in [-0.15, -0.1) is 0 Å². The zero-order valence-corrected chi connectivity index (χ0v) is 13.6. The predicted octanol–water partition coefficient (Wildman–Crippen LogP) is 0.306. The summed E-state index contributed by atoms with van der Waals surface area (Å²) in [6.45, 7) is 3.16. The van der Waals surface area contributed by atoms with Crippen LogP contribution in [0.2, 0.25) is 0 Å². The Kier molecular flexibility index (Phi) is 6.01. The summed E-state index contributed by atoms with van der Waals surface area (Å²) in [5, 5.41) is 6.38. The van der Waals surface area contributed by atoms with Gasteiger partial charge in [0, 0.05) is 25.6 Å². The summed E-state index contributed by atoms with van der Waals surface area (Å²) < 4.78 is 24.3. The van der Waals surface area contributed by atoms with Crippen molar-refractivity contribution >= 4 is 15.9 Å². The number of sulfonamides is 1. The van der Waals surface area contributed by atoms with E-state index in [1.54, 1.807) is 0 Å². The van der Waals surface area contributed by atoms with Gasteiger partial charge in [-0.3, -0.25) is 4.79 Å². The number of nitrogens with zero attached hydrogens (tertiary/aromatic N) is 1. The monoisotopic (exact) mass is 317 g/mol. The van der Waals surface area contributed by atoms with Gasteiger partial charge in [-0.2, -0.15) is 0 Å². The predicted molar refractivity (Wildman–Crippen MR) is 82.4 cm³/mol. The molecule has 2 saturated heterocycles. The minimum absolute atomic E-state index is 0.117. The lowest BCUT2D eigenvalue weighted by atomic mass is 9.93. The van der Waals surface area contributed by atoms with Gasteiger partial charge in [-0.05, 0) is 51.1 Å². The molecule has 2 heterocycles. The molecule has 21 heavy (non-hydrogen) atoms. The first kappa shape index (κ1) is 16.7. The van der Waals surface area contributed by atoms with Gasteiger partial charge in [0.1, 0.15) is 0 Å². The largest absolute Gasteiger partial charge is 0.353 e. The van der Waals surface area contributed by atoms with E-state index in [2.05, 4.69) is 10.6 Å². The second-order valence-corrected chi connectivity index (χ2v) is 8.22. The van der Waals surface area contributed by atoms with E-state index in [0.29, 0.717) is 38.3 Å². The lowest BCUT2D eigenvalue weighted by Gasteiger charge is -2.30. The molecule has 7 heteroatoms. The lowest BCUT2D eigenvalue weighted by molar-refractivity contribution is -0.122. The molecular formula is C14H27N3O3S. The number of carbonyl (C=O) groups excluding carboxylic acids is 1. The third-order valence-electron chi connectivity index (χ3n) is 4.53. The molecule has 2 rings (SSSR count). The Morgan fingerprint density at radius 2 is 1.81 bits per heavy atom. The van der Waals surface area contributed by atoms with Crippen molar-refractivity contribution in [2.75, 3.05) is 32.4 Å². The molecule has 2 aliphatic heterocycles. The van der Waals surface area contributed by atoms with Crippen molar-refractivity contribution < 1.29 is 13.2 Å². The highest BCUT2D eigenvalue weighted by Gasteiger charge is 2.25. The molecule has 0 saturated carbocycles. The molecule has 0 aromatic carbocycles.